The number of aryl methyl sites for hydroxylation is 1. The molecule has 1 nitrogen and oxygen atoms in total. The molecule has 1 N–H and O–H groups in total. The summed E-state index contributed by atoms with van der Waals surface area (Å²) in [4.78, 5) is 0. The van der Waals surface area contributed by atoms with E-state index < -0.39 is 0 Å². The molecule has 0 spiro atoms. The summed E-state index contributed by atoms with van der Waals surface area (Å²) >= 11 is 0. The highest BCUT2D eigenvalue weighted by molar-refractivity contribution is 5.28. The summed E-state index contributed by atoms with van der Waals surface area (Å²) in [7, 11) is 0. The third-order valence-corrected chi connectivity index (χ3v) is 1.62. The Morgan fingerprint density at radius 1 is 1.36 bits per heavy atom. The lowest BCUT2D eigenvalue weighted by Crippen LogP contribution is -1.85. The van der Waals surface area contributed by atoms with Crippen LogP contribution in [0.5, 0.6) is 0 Å². The molecule has 1 rings (SSSR count). The van der Waals surface area contributed by atoms with Crippen LogP contribution < -0.4 is 0 Å². The van der Waals surface area contributed by atoms with Gasteiger partial charge >= 0.3 is 0 Å². The first kappa shape index (κ1) is 7.68. The number of hydrogen-bond donors (Lipinski definition) is 1. The van der Waals surface area contributed by atoms with E-state index in [1.54, 1.807) is 0 Å². The maximum Gasteiger partial charge on any atom is 0.107 e. The van der Waals surface area contributed by atoms with Crippen LogP contribution in [0.3, 0.4) is 0 Å². The van der Waals surface area contributed by atoms with Gasteiger partial charge < -0.3 is 5.11 Å². The van der Waals surface area contributed by atoms with Crippen LogP contribution in [0.15, 0.2) is 24.3 Å². The second-order valence-electron chi connectivity index (χ2n) is 2.39. The summed E-state index contributed by atoms with van der Waals surface area (Å²) in [5, 5.41) is 8.26. The zero-order valence-corrected chi connectivity index (χ0v) is 6.46. The van der Waals surface area contributed by atoms with E-state index >= 15 is 0 Å². The maximum absolute atomic E-state index is 8.26. The molecule has 0 atom stereocenters. The average Bonchev–Trinajstić information content (AvgIpc) is 2.03. The molecule has 1 aromatic rings. The average molecular weight is 146 g/mol. The molecule has 0 aliphatic carbocycles. The summed E-state index contributed by atoms with van der Waals surface area (Å²) in [6, 6.07) is 8.01. The fourth-order valence-corrected chi connectivity index (χ4v) is 0.943. The predicted octanol–water partition coefficient (Wildman–Crippen LogP) is 1.87. The van der Waals surface area contributed by atoms with Crippen LogP contribution in [0.25, 0.3) is 0 Å². The Hall–Kier alpha value is -1.42. The number of aliphatic hydroxyl groups excluding tert-OH is 1. The van der Waals surface area contributed by atoms with Crippen molar-refractivity contribution in [2.45, 2.75) is 13.3 Å². The molecular formula is C10H10O. The second-order valence-corrected chi connectivity index (χ2v) is 2.39. The molecule has 0 aromatic heterocycles. The minimum absolute atomic E-state index is 0.628. The van der Waals surface area contributed by atoms with Gasteiger partial charge in [-0.15, -0.1) is 0 Å². The van der Waals surface area contributed by atoms with E-state index in [1.165, 1.54) is 11.1 Å². The number of aliphatic hydroxyl groups is 1. The van der Waals surface area contributed by atoms with Gasteiger partial charge in [0.25, 0.3) is 0 Å². The fourth-order valence-electron chi connectivity index (χ4n) is 0.943. The monoisotopic (exact) mass is 146 g/mol. The Morgan fingerprint density at radius 3 is 2.73 bits per heavy atom. The number of hydrogen-bond acceptors (Lipinski definition) is 1. The lowest BCUT2D eigenvalue weighted by atomic mass is 10.1. The highest BCUT2D eigenvalue weighted by Crippen LogP contribution is 2.06. The zero-order chi connectivity index (χ0) is 8.10. The summed E-state index contributed by atoms with van der Waals surface area (Å²) in [6.45, 7) is 2.04. The topological polar surface area (TPSA) is 20.2 Å². The molecular weight excluding hydrogens is 136 g/mol. The molecule has 0 aliphatic rings. The summed E-state index contributed by atoms with van der Waals surface area (Å²) in [6.07, 6.45) is 2.52. The molecule has 0 unspecified atom stereocenters. The fraction of sp³-hybridized carbons (Fsp3) is 0.200. The Balaban J connectivity index is 2.83. The van der Waals surface area contributed by atoms with Crippen molar-refractivity contribution >= 4 is 0 Å². The van der Waals surface area contributed by atoms with Gasteiger partial charge in [0.1, 0.15) is 6.11 Å². The summed E-state index contributed by atoms with van der Waals surface area (Å²) < 4.78 is 0. The first-order valence-corrected chi connectivity index (χ1v) is 3.51. The zero-order valence-electron chi connectivity index (χ0n) is 6.46. The van der Waals surface area contributed by atoms with Crippen molar-refractivity contribution in [3.8, 4) is 12.0 Å². The van der Waals surface area contributed by atoms with Crippen molar-refractivity contribution in [1.82, 2.24) is 0 Å². The molecule has 56 valence electrons. The SMILES string of the molecule is Cc1ccccc1CC#CO. The standard InChI is InChI=1S/C10H10O/c1-9-5-2-3-6-10(9)7-4-8-11/h2-3,5-6,11H,7H2,1H3. The Bertz CT molecular complexity index is 291. The molecule has 0 amide bonds. The second kappa shape index (κ2) is 3.68. The van der Waals surface area contributed by atoms with Gasteiger partial charge in [0.15, 0.2) is 0 Å². The number of benzene rings is 1. The van der Waals surface area contributed by atoms with Gasteiger partial charge in [0.2, 0.25) is 0 Å². The molecule has 1 heteroatoms. The molecule has 0 saturated carbocycles. The summed E-state index contributed by atoms with van der Waals surface area (Å²) in [5.41, 5.74) is 2.39. The molecule has 0 bridgehead atoms. The van der Waals surface area contributed by atoms with E-state index in [-0.39, 0.29) is 0 Å². The van der Waals surface area contributed by atoms with Crippen LogP contribution in [0.1, 0.15) is 11.1 Å². The van der Waals surface area contributed by atoms with Gasteiger partial charge in [0.05, 0.1) is 0 Å². The van der Waals surface area contributed by atoms with E-state index in [2.05, 4.69) is 5.92 Å². The lowest BCUT2D eigenvalue weighted by molar-refractivity contribution is 0.516. The van der Waals surface area contributed by atoms with Crippen LogP contribution in [0.4, 0.5) is 0 Å². The van der Waals surface area contributed by atoms with Gasteiger partial charge in [-0.05, 0) is 18.1 Å². The van der Waals surface area contributed by atoms with Crippen molar-refractivity contribution in [3.63, 3.8) is 0 Å². The van der Waals surface area contributed by atoms with Crippen molar-refractivity contribution in [1.29, 1.82) is 0 Å². The predicted molar refractivity (Wildman–Crippen MR) is 44.6 cm³/mol. The largest absolute Gasteiger partial charge is 0.462 e. The quantitative estimate of drug-likeness (QED) is 0.600. The molecule has 0 saturated heterocycles. The minimum atomic E-state index is 0.628. The first-order valence-electron chi connectivity index (χ1n) is 3.51. The van der Waals surface area contributed by atoms with E-state index in [4.69, 9.17) is 5.11 Å². The Kier molecular flexibility index (Phi) is 2.57. The van der Waals surface area contributed by atoms with E-state index in [9.17, 15) is 0 Å². The van der Waals surface area contributed by atoms with Gasteiger partial charge in [-0.2, -0.15) is 0 Å². The smallest absolute Gasteiger partial charge is 0.107 e. The van der Waals surface area contributed by atoms with Gasteiger partial charge in [-0.25, -0.2) is 0 Å². The van der Waals surface area contributed by atoms with Crippen molar-refractivity contribution in [2.24, 2.45) is 0 Å². The molecule has 0 heterocycles. The third-order valence-electron chi connectivity index (χ3n) is 1.62. The van der Waals surface area contributed by atoms with Gasteiger partial charge in [-0.3, -0.25) is 0 Å². The van der Waals surface area contributed by atoms with Crippen LogP contribution in [0, 0.1) is 19.0 Å². The maximum atomic E-state index is 8.26. The third kappa shape index (κ3) is 2.01. The van der Waals surface area contributed by atoms with Crippen LogP contribution >= 0.6 is 0 Å². The first-order chi connectivity index (χ1) is 5.34. The van der Waals surface area contributed by atoms with Crippen molar-refractivity contribution in [3.05, 3.63) is 35.4 Å². The number of rotatable bonds is 1. The Morgan fingerprint density at radius 2 is 2.09 bits per heavy atom. The molecule has 0 aliphatic heterocycles. The van der Waals surface area contributed by atoms with Crippen molar-refractivity contribution in [2.75, 3.05) is 0 Å². The van der Waals surface area contributed by atoms with E-state index in [0.717, 1.165) is 0 Å². The lowest BCUT2D eigenvalue weighted by Gasteiger charge is -1.98. The van der Waals surface area contributed by atoms with Crippen LogP contribution in [-0.4, -0.2) is 5.11 Å². The van der Waals surface area contributed by atoms with Gasteiger partial charge in [0, 0.05) is 6.42 Å². The highest BCUT2D eigenvalue weighted by Gasteiger charge is 1.92. The molecule has 0 radical (unpaired) electrons. The van der Waals surface area contributed by atoms with Crippen molar-refractivity contribution < 1.29 is 5.11 Å². The van der Waals surface area contributed by atoms with Gasteiger partial charge in [-0.1, -0.05) is 30.2 Å². The molecule has 0 fully saturated rings. The van der Waals surface area contributed by atoms with Crippen LogP contribution in [-0.2, 0) is 6.42 Å². The highest BCUT2D eigenvalue weighted by atomic mass is 16.2. The van der Waals surface area contributed by atoms with E-state index in [1.807, 2.05) is 37.3 Å². The molecule has 11 heavy (non-hydrogen) atoms. The minimum Gasteiger partial charge on any atom is -0.462 e. The summed E-state index contributed by atoms with van der Waals surface area (Å²) in [5.74, 6) is 2.61. The molecule has 1 aromatic carbocycles. The Labute approximate surface area is 66.7 Å². The van der Waals surface area contributed by atoms with E-state index in [0.29, 0.717) is 6.42 Å². The van der Waals surface area contributed by atoms with Crippen LogP contribution in [0.2, 0.25) is 0 Å². The normalized spacial score (nSPS) is 8.45.